The van der Waals surface area contributed by atoms with E-state index in [1.165, 1.54) is 0 Å². The number of nitrogens with zero attached hydrogens (tertiary/aromatic N) is 2. The van der Waals surface area contributed by atoms with E-state index in [2.05, 4.69) is 4.90 Å². The Hall–Kier alpha value is -1.39. The largest absolute Gasteiger partial charge is 0.345 e. The normalized spacial score (nSPS) is 12.4. The Labute approximate surface area is 122 Å². The molecular weight excluding hydrogens is 250 g/mol. The highest BCUT2D eigenvalue weighted by Crippen LogP contribution is 2.10. The molecule has 0 aliphatic heterocycles. The maximum Gasteiger partial charge on any atom is 0.227 e. The van der Waals surface area contributed by atoms with Crippen LogP contribution in [0.2, 0.25) is 0 Å². The van der Waals surface area contributed by atoms with Crippen molar-refractivity contribution in [3.63, 3.8) is 0 Å². The highest BCUT2D eigenvalue weighted by Gasteiger charge is 2.20. The Morgan fingerprint density at radius 2 is 1.80 bits per heavy atom. The van der Waals surface area contributed by atoms with Crippen LogP contribution in [0, 0.1) is 5.92 Å². The van der Waals surface area contributed by atoms with E-state index in [1.54, 1.807) is 0 Å². The van der Waals surface area contributed by atoms with Crippen molar-refractivity contribution < 1.29 is 4.79 Å². The number of carbonyl (C=O) groups excluding carboxylic acids is 1. The molecule has 4 nitrogen and oxygen atoms in total. The molecule has 0 aliphatic carbocycles. The van der Waals surface area contributed by atoms with Crippen molar-refractivity contribution in [2.24, 2.45) is 11.7 Å². The zero-order valence-corrected chi connectivity index (χ0v) is 12.9. The van der Waals surface area contributed by atoms with Crippen LogP contribution in [0.15, 0.2) is 30.3 Å². The summed E-state index contributed by atoms with van der Waals surface area (Å²) in [6, 6.07) is 10.1. The minimum atomic E-state index is -0.123. The molecular formula is C16H27N3O. The first-order valence-electron chi connectivity index (χ1n) is 7.18. The fraction of sp³-hybridized carbons (Fsp3) is 0.562. The predicted octanol–water partition coefficient (Wildman–Crippen LogP) is 1.21. The number of rotatable bonds is 8. The summed E-state index contributed by atoms with van der Waals surface area (Å²) in [4.78, 5) is 16.3. The van der Waals surface area contributed by atoms with Gasteiger partial charge in [0.15, 0.2) is 0 Å². The average molecular weight is 277 g/mol. The number of hydrogen-bond donors (Lipinski definition) is 1. The second-order valence-corrected chi connectivity index (χ2v) is 5.54. The zero-order valence-electron chi connectivity index (χ0n) is 12.9. The van der Waals surface area contributed by atoms with Gasteiger partial charge < -0.3 is 15.5 Å². The van der Waals surface area contributed by atoms with Gasteiger partial charge in [0.25, 0.3) is 0 Å². The maximum atomic E-state index is 12.4. The van der Waals surface area contributed by atoms with Gasteiger partial charge in [0.1, 0.15) is 0 Å². The van der Waals surface area contributed by atoms with E-state index < -0.39 is 0 Å². The van der Waals surface area contributed by atoms with Crippen molar-refractivity contribution >= 4 is 5.91 Å². The van der Waals surface area contributed by atoms with Gasteiger partial charge in [-0.15, -0.1) is 0 Å². The van der Waals surface area contributed by atoms with Crippen LogP contribution in [0.4, 0.5) is 0 Å². The van der Waals surface area contributed by atoms with Crippen molar-refractivity contribution in [1.82, 2.24) is 9.80 Å². The van der Waals surface area contributed by atoms with Gasteiger partial charge >= 0.3 is 0 Å². The molecule has 20 heavy (non-hydrogen) atoms. The van der Waals surface area contributed by atoms with Gasteiger partial charge in [-0.05, 0) is 39.0 Å². The molecule has 1 aromatic carbocycles. The van der Waals surface area contributed by atoms with Gasteiger partial charge in [0.2, 0.25) is 5.91 Å². The molecule has 0 radical (unpaired) electrons. The molecule has 0 fully saturated rings. The Kier molecular flexibility index (Phi) is 7.26. The van der Waals surface area contributed by atoms with Crippen molar-refractivity contribution in [2.75, 3.05) is 40.8 Å². The van der Waals surface area contributed by atoms with Crippen molar-refractivity contribution in [2.45, 2.75) is 12.8 Å². The third-order valence-electron chi connectivity index (χ3n) is 3.43. The number of nitrogens with two attached hydrogens (primary N) is 1. The van der Waals surface area contributed by atoms with Crippen molar-refractivity contribution in [3.05, 3.63) is 35.9 Å². The molecule has 1 atom stereocenters. The fourth-order valence-corrected chi connectivity index (χ4v) is 2.22. The summed E-state index contributed by atoms with van der Waals surface area (Å²) in [7, 11) is 5.95. The predicted molar refractivity (Wildman–Crippen MR) is 83.5 cm³/mol. The molecule has 0 aromatic heterocycles. The molecule has 0 saturated carbocycles. The zero-order chi connectivity index (χ0) is 15.0. The Morgan fingerprint density at radius 1 is 1.15 bits per heavy atom. The molecule has 1 rings (SSSR count). The van der Waals surface area contributed by atoms with E-state index in [1.807, 2.05) is 56.4 Å². The molecule has 2 N–H and O–H groups in total. The van der Waals surface area contributed by atoms with E-state index in [0.29, 0.717) is 13.0 Å². The third kappa shape index (κ3) is 5.72. The lowest BCUT2D eigenvalue weighted by atomic mass is 9.98. The number of amides is 1. The Morgan fingerprint density at radius 3 is 2.35 bits per heavy atom. The van der Waals surface area contributed by atoms with Crippen molar-refractivity contribution in [1.29, 1.82) is 0 Å². The van der Waals surface area contributed by atoms with Gasteiger partial charge in [-0.1, -0.05) is 30.3 Å². The SMILES string of the molecule is CN(C)CCCN(C)C(=O)C(CN)Cc1ccccc1. The van der Waals surface area contributed by atoms with Gasteiger partial charge in [-0.2, -0.15) is 0 Å². The van der Waals surface area contributed by atoms with Crippen LogP contribution >= 0.6 is 0 Å². The number of hydrogen-bond acceptors (Lipinski definition) is 3. The standard InChI is InChI=1S/C16H27N3O/c1-18(2)10-7-11-19(3)16(20)15(13-17)12-14-8-5-4-6-9-14/h4-6,8-9,15H,7,10-13,17H2,1-3H3. The van der Waals surface area contributed by atoms with Crippen LogP contribution in [-0.4, -0.2) is 56.5 Å². The molecule has 0 bridgehead atoms. The van der Waals surface area contributed by atoms with E-state index in [-0.39, 0.29) is 11.8 Å². The highest BCUT2D eigenvalue weighted by atomic mass is 16.2. The highest BCUT2D eigenvalue weighted by molar-refractivity contribution is 5.79. The van der Waals surface area contributed by atoms with Crippen LogP contribution in [0.5, 0.6) is 0 Å². The molecule has 4 heteroatoms. The van der Waals surface area contributed by atoms with Gasteiger partial charge in [-0.3, -0.25) is 4.79 Å². The summed E-state index contributed by atoms with van der Waals surface area (Å²) in [5.41, 5.74) is 6.95. The second-order valence-electron chi connectivity index (χ2n) is 5.54. The molecule has 1 amide bonds. The molecule has 1 unspecified atom stereocenters. The minimum Gasteiger partial charge on any atom is -0.345 e. The molecule has 1 aromatic rings. The lowest BCUT2D eigenvalue weighted by molar-refractivity contribution is -0.133. The summed E-state index contributed by atoms with van der Waals surface area (Å²) >= 11 is 0. The van der Waals surface area contributed by atoms with Crippen molar-refractivity contribution in [3.8, 4) is 0 Å². The third-order valence-corrected chi connectivity index (χ3v) is 3.43. The second kappa shape index (κ2) is 8.72. The average Bonchev–Trinajstić information content (AvgIpc) is 2.44. The lowest BCUT2D eigenvalue weighted by Crippen LogP contribution is -2.38. The first-order valence-corrected chi connectivity index (χ1v) is 7.18. The number of carbonyl (C=O) groups is 1. The first kappa shape index (κ1) is 16.7. The summed E-state index contributed by atoms with van der Waals surface area (Å²) in [6.45, 7) is 2.16. The summed E-state index contributed by atoms with van der Waals surface area (Å²) in [5, 5.41) is 0. The monoisotopic (exact) mass is 277 g/mol. The molecule has 0 heterocycles. The lowest BCUT2D eigenvalue weighted by Gasteiger charge is -2.23. The minimum absolute atomic E-state index is 0.123. The number of benzene rings is 1. The van der Waals surface area contributed by atoms with E-state index in [4.69, 9.17) is 5.73 Å². The Balaban J connectivity index is 2.49. The van der Waals surface area contributed by atoms with Crippen LogP contribution < -0.4 is 5.73 Å². The summed E-state index contributed by atoms with van der Waals surface area (Å²) in [6.07, 6.45) is 1.70. The van der Waals surface area contributed by atoms with E-state index in [9.17, 15) is 4.79 Å². The Bertz CT molecular complexity index is 392. The van der Waals surface area contributed by atoms with Gasteiger partial charge in [0, 0.05) is 20.1 Å². The summed E-state index contributed by atoms with van der Waals surface area (Å²) in [5.74, 6) is 0.0249. The maximum absolute atomic E-state index is 12.4. The topological polar surface area (TPSA) is 49.6 Å². The quantitative estimate of drug-likeness (QED) is 0.777. The van der Waals surface area contributed by atoms with E-state index in [0.717, 1.165) is 25.1 Å². The van der Waals surface area contributed by atoms with Crippen LogP contribution in [0.25, 0.3) is 0 Å². The van der Waals surface area contributed by atoms with Crippen LogP contribution in [-0.2, 0) is 11.2 Å². The van der Waals surface area contributed by atoms with Crippen LogP contribution in [0.1, 0.15) is 12.0 Å². The molecule has 112 valence electrons. The smallest absolute Gasteiger partial charge is 0.227 e. The first-order chi connectivity index (χ1) is 9.54. The van der Waals surface area contributed by atoms with Crippen LogP contribution in [0.3, 0.4) is 0 Å². The molecule has 0 saturated heterocycles. The summed E-state index contributed by atoms with van der Waals surface area (Å²) < 4.78 is 0. The molecule has 0 spiro atoms. The molecule has 0 aliphatic rings. The van der Waals surface area contributed by atoms with Gasteiger partial charge in [0.05, 0.1) is 5.92 Å². The van der Waals surface area contributed by atoms with Gasteiger partial charge in [-0.25, -0.2) is 0 Å². The van der Waals surface area contributed by atoms with E-state index >= 15 is 0 Å². The fourth-order valence-electron chi connectivity index (χ4n) is 2.22.